The fourth-order valence-electron chi connectivity index (χ4n) is 4.99. The van der Waals surface area contributed by atoms with E-state index >= 15 is 0 Å². The lowest BCUT2D eigenvalue weighted by Crippen LogP contribution is -2.37. The molecule has 4 rings (SSSR count). The first-order valence-corrected chi connectivity index (χ1v) is 12.6. The number of benzene rings is 2. The number of nitrogens with zero attached hydrogens (tertiary/aromatic N) is 2. The molecular weight excluding hydrogens is 408 g/mol. The minimum atomic E-state index is -0.144. The van der Waals surface area contributed by atoms with Crippen LogP contribution in [0.1, 0.15) is 74.1 Å². The van der Waals surface area contributed by atoms with Gasteiger partial charge in [-0.3, -0.25) is 14.5 Å². The maximum absolute atomic E-state index is 13.7. The molecule has 2 aromatic carbocycles. The Hall–Kier alpha value is -2.88. The Kier molecular flexibility index (Phi) is 7.32. The molecule has 0 bridgehead atoms. The normalized spacial score (nSPS) is 16.1. The average Bonchev–Trinajstić information content (AvgIpc) is 3.07. The van der Waals surface area contributed by atoms with Gasteiger partial charge >= 0.3 is 0 Å². The largest absolute Gasteiger partial charge is 0.336 e. The van der Waals surface area contributed by atoms with Crippen LogP contribution in [-0.2, 0) is 16.0 Å². The minimum Gasteiger partial charge on any atom is -0.336 e. The summed E-state index contributed by atoms with van der Waals surface area (Å²) in [7, 11) is 0. The van der Waals surface area contributed by atoms with E-state index < -0.39 is 0 Å². The number of hydrogen-bond acceptors (Lipinski definition) is 3. The zero-order chi connectivity index (χ0) is 23.4. The molecular formula is C29H36N2O2. The number of carbonyl (C=O) groups excluding carboxylic acids is 2. The average molecular weight is 445 g/mol. The molecule has 4 heteroatoms. The SMILES string of the molecule is CCCCCCCCN1C(=O)C(c2ccc(C)c(C)c2)=C(N2CCCc3ccccc32)C1=O. The second-order valence-corrected chi connectivity index (χ2v) is 9.44. The zero-order valence-corrected chi connectivity index (χ0v) is 20.3. The Morgan fingerprint density at radius 3 is 2.39 bits per heavy atom. The van der Waals surface area contributed by atoms with Gasteiger partial charge in [0.2, 0.25) is 0 Å². The summed E-state index contributed by atoms with van der Waals surface area (Å²) in [6, 6.07) is 14.4. The summed E-state index contributed by atoms with van der Waals surface area (Å²) < 4.78 is 0. The van der Waals surface area contributed by atoms with Gasteiger partial charge in [0.1, 0.15) is 5.70 Å². The molecule has 4 nitrogen and oxygen atoms in total. The van der Waals surface area contributed by atoms with Gasteiger partial charge in [-0.05, 0) is 61.4 Å². The van der Waals surface area contributed by atoms with E-state index in [9.17, 15) is 9.59 Å². The molecule has 2 aromatic rings. The van der Waals surface area contributed by atoms with Crippen molar-refractivity contribution in [3.05, 3.63) is 70.4 Å². The lowest BCUT2D eigenvalue weighted by atomic mass is 9.97. The molecule has 2 aliphatic rings. The minimum absolute atomic E-state index is 0.140. The Labute approximate surface area is 198 Å². The molecule has 0 N–H and O–H groups in total. The summed E-state index contributed by atoms with van der Waals surface area (Å²) >= 11 is 0. The molecule has 0 radical (unpaired) electrons. The lowest BCUT2D eigenvalue weighted by molar-refractivity contribution is -0.137. The number of fused-ring (bicyclic) bond motifs is 1. The Balaban J connectivity index is 1.68. The molecule has 2 amide bonds. The number of aryl methyl sites for hydroxylation is 3. The van der Waals surface area contributed by atoms with E-state index in [1.165, 1.54) is 35.3 Å². The van der Waals surface area contributed by atoms with Crippen LogP contribution in [0.25, 0.3) is 5.57 Å². The van der Waals surface area contributed by atoms with Crippen molar-refractivity contribution < 1.29 is 9.59 Å². The number of imide groups is 1. The predicted molar refractivity (Wildman–Crippen MR) is 135 cm³/mol. The summed E-state index contributed by atoms with van der Waals surface area (Å²) in [6.07, 6.45) is 8.74. The van der Waals surface area contributed by atoms with Crippen molar-refractivity contribution in [1.29, 1.82) is 0 Å². The molecule has 174 valence electrons. The molecule has 2 aliphatic heterocycles. The summed E-state index contributed by atoms with van der Waals surface area (Å²) in [5.41, 5.74) is 6.58. The van der Waals surface area contributed by atoms with Crippen molar-refractivity contribution >= 4 is 23.1 Å². The summed E-state index contributed by atoms with van der Waals surface area (Å²) in [6.45, 7) is 7.59. The highest BCUT2D eigenvalue weighted by atomic mass is 16.2. The number of hydrogen-bond donors (Lipinski definition) is 0. The number of para-hydroxylation sites is 1. The standard InChI is InChI=1S/C29H36N2O2/c1-4-5-6-7-8-11-18-31-28(32)26(24-17-16-21(2)22(3)20-24)27(29(31)33)30-19-12-14-23-13-9-10-15-25(23)30/h9-10,13,15-17,20H,4-8,11-12,14,18-19H2,1-3H3. The molecule has 0 unspecified atom stereocenters. The van der Waals surface area contributed by atoms with Crippen LogP contribution in [-0.4, -0.2) is 29.8 Å². The number of anilines is 1. The van der Waals surface area contributed by atoms with Crippen molar-refractivity contribution in [3.8, 4) is 0 Å². The first-order valence-electron chi connectivity index (χ1n) is 12.6. The maximum atomic E-state index is 13.7. The summed E-state index contributed by atoms with van der Waals surface area (Å²) in [4.78, 5) is 31.0. The lowest BCUT2D eigenvalue weighted by Gasteiger charge is -2.32. The van der Waals surface area contributed by atoms with Crippen LogP contribution < -0.4 is 4.90 Å². The van der Waals surface area contributed by atoms with Gasteiger partial charge in [-0.15, -0.1) is 0 Å². The van der Waals surface area contributed by atoms with Crippen molar-refractivity contribution in [2.75, 3.05) is 18.0 Å². The molecule has 33 heavy (non-hydrogen) atoms. The summed E-state index contributed by atoms with van der Waals surface area (Å²) in [5, 5.41) is 0. The third-order valence-electron chi connectivity index (χ3n) is 7.05. The second-order valence-electron chi connectivity index (χ2n) is 9.44. The maximum Gasteiger partial charge on any atom is 0.278 e. The van der Waals surface area contributed by atoms with Gasteiger partial charge in [-0.25, -0.2) is 0 Å². The van der Waals surface area contributed by atoms with Crippen molar-refractivity contribution in [3.63, 3.8) is 0 Å². The van der Waals surface area contributed by atoms with Crippen molar-refractivity contribution in [2.24, 2.45) is 0 Å². The molecule has 0 aromatic heterocycles. The van der Waals surface area contributed by atoms with Gasteiger partial charge < -0.3 is 4.90 Å². The van der Waals surface area contributed by atoms with Gasteiger partial charge in [0.25, 0.3) is 11.8 Å². The van der Waals surface area contributed by atoms with Crippen LogP contribution in [0.3, 0.4) is 0 Å². The number of unbranched alkanes of at least 4 members (excludes halogenated alkanes) is 5. The molecule has 0 saturated heterocycles. The van der Waals surface area contributed by atoms with Crippen molar-refractivity contribution in [2.45, 2.75) is 72.1 Å². The van der Waals surface area contributed by atoms with E-state index in [2.05, 4.69) is 43.9 Å². The third kappa shape index (κ3) is 4.75. The Bertz CT molecular complexity index is 1070. The van der Waals surface area contributed by atoms with Crippen LogP contribution in [0, 0.1) is 13.8 Å². The van der Waals surface area contributed by atoms with Crippen LogP contribution in [0.4, 0.5) is 5.69 Å². The predicted octanol–water partition coefficient (Wildman–Crippen LogP) is 6.20. The monoisotopic (exact) mass is 444 g/mol. The molecule has 0 spiro atoms. The van der Waals surface area contributed by atoms with Crippen LogP contribution in [0.2, 0.25) is 0 Å². The van der Waals surface area contributed by atoms with E-state index in [0.717, 1.165) is 55.5 Å². The fraction of sp³-hybridized carbons (Fsp3) is 0.448. The molecule has 0 fully saturated rings. The van der Waals surface area contributed by atoms with Gasteiger partial charge in [-0.1, -0.05) is 75.4 Å². The van der Waals surface area contributed by atoms with Crippen molar-refractivity contribution in [1.82, 2.24) is 4.90 Å². The molecule has 0 atom stereocenters. The molecule has 0 aliphatic carbocycles. The van der Waals surface area contributed by atoms with E-state index in [1.807, 2.05) is 24.3 Å². The number of amides is 2. The molecule has 0 saturated carbocycles. The number of rotatable bonds is 9. The van der Waals surface area contributed by atoms with E-state index in [1.54, 1.807) is 0 Å². The highest BCUT2D eigenvalue weighted by Gasteiger charge is 2.42. The number of carbonyl (C=O) groups is 2. The Morgan fingerprint density at radius 1 is 0.848 bits per heavy atom. The van der Waals surface area contributed by atoms with Gasteiger partial charge in [-0.2, -0.15) is 0 Å². The zero-order valence-electron chi connectivity index (χ0n) is 20.3. The second kappa shape index (κ2) is 10.4. The van der Waals surface area contributed by atoms with E-state index in [-0.39, 0.29) is 11.8 Å². The third-order valence-corrected chi connectivity index (χ3v) is 7.05. The van der Waals surface area contributed by atoms with Crippen LogP contribution >= 0.6 is 0 Å². The summed E-state index contributed by atoms with van der Waals surface area (Å²) in [5.74, 6) is -0.284. The van der Waals surface area contributed by atoms with Gasteiger partial charge in [0.15, 0.2) is 0 Å². The van der Waals surface area contributed by atoms with E-state index in [0.29, 0.717) is 17.8 Å². The van der Waals surface area contributed by atoms with Crippen LogP contribution in [0.5, 0.6) is 0 Å². The van der Waals surface area contributed by atoms with Gasteiger partial charge in [0.05, 0.1) is 5.57 Å². The van der Waals surface area contributed by atoms with Crippen LogP contribution in [0.15, 0.2) is 48.2 Å². The van der Waals surface area contributed by atoms with E-state index in [4.69, 9.17) is 0 Å². The topological polar surface area (TPSA) is 40.6 Å². The fourth-order valence-corrected chi connectivity index (χ4v) is 4.99. The Morgan fingerprint density at radius 2 is 1.61 bits per heavy atom. The highest BCUT2D eigenvalue weighted by Crippen LogP contribution is 2.38. The first-order chi connectivity index (χ1) is 16.0. The highest BCUT2D eigenvalue weighted by molar-refractivity contribution is 6.36. The smallest absolute Gasteiger partial charge is 0.278 e. The first kappa shape index (κ1) is 23.3. The quantitative estimate of drug-likeness (QED) is 0.342. The molecule has 2 heterocycles. The van der Waals surface area contributed by atoms with Gasteiger partial charge in [0, 0.05) is 18.8 Å².